The van der Waals surface area contributed by atoms with E-state index in [1.54, 1.807) is 0 Å². The molecule has 0 atom stereocenters. The van der Waals surface area contributed by atoms with Crippen molar-refractivity contribution in [1.29, 1.82) is 0 Å². The van der Waals surface area contributed by atoms with E-state index in [0.717, 1.165) is 16.9 Å². The van der Waals surface area contributed by atoms with E-state index >= 15 is 0 Å². The summed E-state index contributed by atoms with van der Waals surface area (Å²) in [4.78, 5) is 23.3. The number of nitrogens with zero attached hydrogens (tertiary/aromatic N) is 3. The number of carbonyl (C=O) groups is 1. The molecule has 1 aromatic heterocycles. The molecule has 1 amide bonds. The molecule has 2 aromatic carbocycles. The zero-order valence-electron chi connectivity index (χ0n) is 16.6. The molecular weight excluding hydrogens is 418 g/mol. The summed E-state index contributed by atoms with van der Waals surface area (Å²) >= 11 is 6.10. The van der Waals surface area contributed by atoms with Crippen LogP contribution < -0.4 is 27.3 Å². The molecule has 10 heteroatoms. The molecule has 0 spiro atoms. The molecule has 3 rings (SSSR count). The Morgan fingerprint density at radius 1 is 1.03 bits per heavy atom. The fourth-order valence-electron chi connectivity index (χ4n) is 2.69. The first-order valence-electron chi connectivity index (χ1n) is 9.39. The van der Waals surface area contributed by atoms with E-state index < -0.39 is 11.9 Å². The second kappa shape index (κ2) is 10.3. The van der Waals surface area contributed by atoms with Crippen molar-refractivity contribution in [3.05, 3.63) is 76.6 Å². The number of anilines is 2. The Morgan fingerprint density at radius 2 is 1.74 bits per heavy atom. The first kappa shape index (κ1) is 21.8. The lowest BCUT2D eigenvalue weighted by Crippen LogP contribution is -2.25. The fourth-order valence-corrected chi connectivity index (χ4v) is 2.88. The van der Waals surface area contributed by atoms with Crippen molar-refractivity contribution < 1.29 is 9.53 Å². The zero-order chi connectivity index (χ0) is 22.2. The number of hydrogen-bond donors (Lipinski definition) is 4. The number of ether oxygens (including phenoxy) is 1. The number of guanidine groups is 1. The molecule has 0 saturated heterocycles. The molecule has 31 heavy (non-hydrogen) atoms. The summed E-state index contributed by atoms with van der Waals surface area (Å²) in [6.45, 7) is 1.04. The Kier molecular flexibility index (Phi) is 7.23. The minimum Gasteiger partial charge on any atom is -0.489 e. The number of rotatable bonds is 8. The Balaban J connectivity index is 1.53. The van der Waals surface area contributed by atoms with Crippen LogP contribution in [-0.4, -0.2) is 28.4 Å². The van der Waals surface area contributed by atoms with Crippen molar-refractivity contribution in [1.82, 2.24) is 9.97 Å². The number of nitrogen functional groups attached to an aromatic ring is 1. The third kappa shape index (κ3) is 6.31. The molecule has 0 bridgehead atoms. The van der Waals surface area contributed by atoms with Gasteiger partial charge in [0.1, 0.15) is 12.4 Å². The Morgan fingerprint density at radius 3 is 2.42 bits per heavy atom. The second-order valence-electron chi connectivity index (χ2n) is 6.53. The van der Waals surface area contributed by atoms with E-state index in [1.807, 2.05) is 54.6 Å². The number of amides is 1. The molecule has 0 aliphatic heterocycles. The van der Waals surface area contributed by atoms with E-state index in [-0.39, 0.29) is 22.5 Å². The molecule has 7 N–H and O–H groups in total. The molecular formula is C21H22ClN7O2. The predicted octanol–water partition coefficient (Wildman–Crippen LogP) is 2.36. The van der Waals surface area contributed by atoms with Crippen LogP contribution in [0.15, 0.2) is 59.6 Å². The number of aromatic nitrogens is 2. The number of nitrogens with one attached hydrogen (secondary N) is 1. The van der Waals surface area contributed by atoms with Crippen molar-refractivity contribution >= 4 is 35.1 Å². The lowest BCUT2D eigenvalue weighted by atomic mass is 10.1. The summed E-state index contributed by atoms with van der Waals surface area (Å²) in [5.41, 5.74) is 18.1. The first-order chi connectivity index (χ1) is 14.9. The molecule has 0 unspecified atom stereocenters. The summed E-state index contributed by atoms with van der Waals surface area (Å²) < 4.78 is 5.79. The lowest BCUT2D eigenvalue weighted by Gasteiger charge is -2.10. The maximum Gasteiger partial charge on any atom is 0.302 e. The molecule has 0 radical (unpaired) electrons. The van der Waals surface area contributed by atoms with Gasteiger partial charge < -0.3 is 27.3 Å². The van der Waals surface area contributed by atoms with E-state index in [2.05, 4.69) is 20.3 Å². The largest absolute Gasteiger partial charge is 0.489 e. The van der Waals surface area contributed by atoms with Crippen molar-refractivity contribution in [2.75, 3.05) is 17.6 Å². The monoisotopic (exact) mass is 439 g/mol. The second-order valence-corrected chi connectivity index (χ2v) is 6.89. The van der Waals surface area contributed by atoms with Gasteiger partial charge in [0, 0.05) is 6.54 Å². The van der Waals surface area contributed by atoms with Crippen LogP contribution in [0.5, 0.6) is 5.75 Å². The molecule has 0 aliphatic carbocycles. The Bertz CT molecular complexity index is 1070. The maximum atomic E-state index is 11.9. The lowest BCUT2D eigenvalue weighted by molar-refractivity contribution is 0.0998. The minimum atomic E-state index is -0.812. The van der Waals surface area contributed by atoms with Gasteiger partial charge in [-0.25, -0.2) is 9.97 Å². The number of carbonyl (C=O) groups excluding carboxylic acids is 1. The van der Waals surface area contributed by atoms with Crippen LogP contribution in [0.4, 0.5) is 11.6 Å². The van der Waals surface area contributed by atoms with Crippen molar-refractivity contribution in [2.24, 2.45) is 16.5 Å². The normalized spacial score (nSPS) is 10.4. The van der Waals surface area contributed by atoms with Crippen LogP contribution in [0.2, 0.25) is 5.15 Å². The fraction of sp³-hybridized carbons (Fsp3) is 0.143. The first-order valence-corrected chi connectivity index (χ1v) is 9.76. The van der Waals surface area contributed by atoms with Gasteiger partial charge in [0.2, 0.25) is 0 Å². The van der Waals surface area contributed by atoms with Crippen LogP contribution in [-0.2, 0) is 13.0 Å². The minimum absolute atomic E-state index is 0.00648. The van der Waals surface area contributed by atoms with Gasteiger partial charge in [0.25, 0.3) is 0 Å². The zero-order valence-corrected chi connectivity index (χ0v) is 17.3. The Hall–Kier alpha value is -3.85. The van der Waals surface area contributed by atoms with Gasteiger partial charge in [-0.15, -0.1) is 0 Å². The summed E-state index contributed by atoms with van der Waals surface area (Å²) in [7, 11) is 0. The van der Waals surface area contributed by atoms with Gasteiger partial charge in [-0.2, -0.15) is 4.99 Å². The number of aliphatic imine (C=N–C) groups is 1. The molecule has 0 saturated carbocycles. The number of benzene rings is 2. The number of nitrogens with two attached hydrogens (primary N) is 3. The van der Waals surface area contributed by atoms with Crippen LogP contribution in [0.1, 0.15) is 21.6 Å². The summed E-state index contributed by atoms with van der Waals surface area (Å²) in [5, 5.41) is 3.05. The van der Waals surface area contributed by atoms with E-state index in [0.29, 0.717) is 19.6 Å². The highest BCUT2D eigenvalue weighted by Crippen LogP contribution is 2.21. The predicted molar refractivity (Wildman–Crippen MR) is 121 cm³/mol. The maximum absolute atomic E-state index is 11.9. The van der Waals surface area contributed by atoms with Crippen LogP contribution in [0.3, 0.4) is 0 Å². The van der Waals surface area contributed by atoms with E-state index in [9.17, 15) is 4.79 Å². The van der Waals surface area contributed by atoms with Gasteiger partial charge in [0.15, 0.2) is 28.4 Å². The molecule has 0 fully saturated rings. The van der Waals surface area contributed by atoms with Crippen LogP contribution in [0.25, 0.3) is 0 Å². The molecule has 3 aromatic rings. The summed E-state index contributed by atoms with van der Waals surface area (Å²) in [5.74, 6) is -0.276. The van der Waals surface area contributed by atoms with Gasteiger partial charge in [-0.3, -0.25) is 4.79 Å². The van der Waals surface area contributed by atoms with Gasteiger partial charge >= 0.3 is 5.91 Å². The summed E-state index contributed by atoms with van der Waals surface area (Å²) in [6, 6.07) is 17.8. The van der Waals surface area contributed by atoms with Crippen LogP contribution >= 0.6 is 11.6 Å². The Labute approximate surface area is 184 Å². The van der Waals surface area contributed by atoms with Gasteiger partial charge in [0.05, 0.1) is 0 Å². The van der Waals surface area contributed by atoms with E-state index in [4.69, 9.17) is 33.5 Å². The number of hydrogen-bond acceptors (Lipinski definition) is 6. The average molecular weight is 440 g/mol. The molecule has 0 aliphatic rings. The third-order valence-electron chi connectivity index (χ3n) is 4.19. The molecule has 9 nitrogen and oxygen atoms in total. The average Bonchev–Trinajstić information content (AvgIpc) is 2.75. The molecule has 160 valence electrons. The van der Waals surface area contributed by atoms with Gasteiger partial charge in [-0.05, 0) is 29.7 Å². The standard InChI is InChI=1S/C21H22ClN7O2/c22-17-19(28-18(23)16(27-17)20(30)29-21(24)25)26-11-10-13-6-8-15(9-7-13)31-12-14-4-2-1-3-5-14/h1-9H,10-12H2,(H3,23,26,28)(H4,24,25,29,30). The third-order valence-corrected chi connectivity index (χ3v) is 4.45. The number of halogens is 1. The van der Waals surface area contributed by atoms with Crippen molar-refractivity contribution in [2.45, 2.75) is 13.0 Å². The summed E-state index contributed by atoms with van der Waals surface area (Å²) in [6.07, 6.45) is 0.700. The topological polar surface area (TPSA) is 155 Å². The quantitative estimate of drug-likeness (QED) is 0.308. The van der Waals surface area contributed by atoms with Crippen molar-refractivity contribution in [3.63, 3.8) is 0 Å². The van der Waals surface area contributed by atoms with E-state index in [1.165, 1.54) is 0 Å². The smallest absolute Gasteiger partial charge is 0.302 e. The van der Waals surface area contributed by atoms with Crippen molar-refractivity contribution in [3.8, 4) is 5.75 Å². The molecule has 1 heterocycles. The van der Waals surface area contributed by atoms with Gasteiger partial charge in [-0.1, -0.05) is 54.1 Å². The highest BCUT2D eigenvalue weighted by atomic mass is 35.5. The SMILES string of the molecule is NC(N)=NC(=O)c1nc(Cl)c(NCCc2ccc(OCc3ccccc3)cc2)nc1N. The highest BCUT2D eigenvalue weighted by Gasteiger charge is 2.16. The highest BCUT2D eigenvalue weighted by molar-refractivity contribution is 6.32. The van der Waals surface area contributed by atoms with Crippen LogP contribution in [0, 0.1) is 0 Å².